The lowest BCUT2D eigenvalue weighted by atomic mass is 9.86. The third-order valence-corrected chi connectivity index (χ3v) is 6.48. The van der Waals surface area contributed by atoms with Crippen molar-refractivity contribution >= 4 is 11.8 Å². The van der Waals surface area contributed by atoms with E-state index in [-0.39, 0.29) is 22.6 Å². The van der Waals surface area contributed by atoms with Crippen LogP contribution in [0.3, 0.4) is 0 Å². The van der Waals surface area contributed by atoms with Crippen molar-refractivity contribution in [2.45, 2.75) is 90.1 Å². The van der Waals surface area contributed by atoms with Crippen LogP contribution in [0.5, 0.6) is 5.75 Å². The number of benzene rings is 1. The van der Waals surface area contributed by atoms with E-state index in [1.165, 1.54) is 0 Å². The summed E-state index contributed by atoms with van der Waals surface area (Å²) < 4.78 is 5.20. The van der Waals surface area contributed by atoms with Crippen LogP contribution in [0.4, 0.5) is 0 Å². The predicted molar refractivity (Wildman–Crippen MR) is 135 cm³/mol. The number of carbonyl (C=O) groups is 2. The normalized spacial score (nSPS) is 15.6. The molecule has 0 radical (unpaired) electrons. The van der Waals surface area contributed by atoms with Crippen LogP contribution in [-0.4, -0.2) is 29.4 Å². The maximum atomic E-state index is 13.5. The van der Waals surface area contributed by atoms with Gasteiger partial charge in [-0.15, -0.1) is 0 Å². The van der Waals surface area contributed by atoms with Crippen molar-refractivity contribution in [3.8, 4) is 5.75 Å². The molecule has 2 N–H and O–H groups in total. The van der Waals surface area contributed by atoms with E-state index < -0.39 is 5.54 Å². The first-order chi connectivity index (χ1) is 15.8. The second kappa shape index (κ2) is 9.77. The smallest absolute Gasteiger partial charge is 0.252 e. The lowest BCUT2D eigenvalue weighted by Crippen LogP contribution is -2.57. The summed E-state index contributed by atoms with van der Waals surface area (Å²) >= 11 is 0. The van der Waals surface area contributed by atoms with Gasteiger partial charge in [0.25, 0.3) is 5.91 Å². The van der Waals surface area contributed by atoms with Gasteiger partial charge in [0.1, 0.15) is 11.3 Å². The molecule has 0 bridgehead atoms. The van der Waals surface area contributed by atoms with Gasteiger partial charge in [-0.2, -0.15) is 0 Å². The zero-order valence-electron chi connectivity index (χ0n) is 21.7. The Morgan fingerprint density at radius 3 is 1.94 bits per heavy atom. The van der Waals surface area contributed by atoms with Crippen LogP contribution in [0.1, 0.15) is 94.5 Å². The highest BCUT2D eigenvalue weighted by Crippen LogP contribution is 2.32. The monoisotopic (exact) mass is 465 g/mol. The third-order valence-electron chi connectivity index (χ3n) is 6.48. The Labute approximate surface area is 203 Å². The first kappa shape index (κ1) is 25.7. The highest BCUT2D eigenvalue weighted by molar-refractivity contribution is 5.99. The van der Waals surface area contributed by atoms with E-state index >= 15 is 0 Å². The molecule has 1 aliphatic carbocycles. The molecule has 0 aliphatic heterocycles. The van der Waals surface area contributed by atoms with Crippen LogP contribution in [0.2, 0.25) is 0 Å². The van der Waals surface area contributed by atoms with E-state index in [0.29, 0.717) is 24.9 Å². The fourth-order valence-electron chi connectivity index (χ4n) is 4.20. The summed E-state index contributed by atoms with van der Waals surface area (Å²) in [6.45, 7) is 13.0. The molecule has 3 rings (SSSR count). The molecule has 2 amide bonds. The van der Waals surface area contributed by atoms with Crippen LogP contribution in [-0.2, 0) is 22.2 Å². The van der Waals surface area contributed by atoms with Gasteiger partial charge in [0.15, 0.2) is 0 Å². The number of methoxy groups -OCH3 is 1. The van der Waals surface area contributed by atoms with Gasteiger partial charge >= 0.3 is 0 Å². The molecule has 184 valence electrons. The Morgan fingerprint density at radius 2 is 1.47 bits per heavy atom. The van der Waals surface area contributed by atoms with Gasteiger partial charge in [-0.05, 0) is 42.7 Å². The maximum absolute atomic E-state index is 13.5. The first-order valence-corrected chi connectivity index (χ1v) is 12.1. The van der Waals surface area contributed by atoms with E-state index in [0.717, 1.165) is 35.5 Å². The number of hydrogen-bond acceptors (Lipinski definition) is 4. The number of carbonyl (C=O) groups excluding carboxylic acids is 2. The van der Waals surface area contributed by atoms with Crippen LogP contribution < -0.4 is 15.4 Å². The first-order valence-electron chi connectivity index (χ1n) is 12.1. The minimum atomic E-state index is -0.892. The molecule has 0 atom stereocenters. The van der Waals surface area contributed by atoms with E-state index in [1.54, 1.807) is 7.11 Å². The summed E-state index contributed by atoms with van der Waals surface area (Å²) in [7, 11) is 1.63. The van der Waals surface area contributed by atoms with Crippen molar-refractivity contribution in [3.63, 3.8) is 0 Å². The Morgan fingerprint density at radius 1 is 0.941 bits per heavy atom. The molecular weight excluding hydrogens is 426 g/mol. The molecule has 1 saturated carbocycles. The molecule has 2 aromatic rings. The van der Waals surface area contributed by atoms with E-state index in [9.17, 15) is 9.59 Å². The summed E-state index contributed by atoms with van der Waals surface area (Å²) in [5, 5.41) is 6.16. The van der Waals surface area contributed by atoms with Crippen LogP contribution in [0.25, 0.3) is 0 Å². The quantitative estimate of drug-likeness (QED) is 0.626. The molecule has 0 spiro atoms. The lowest BCUT2D eigenvalue weighted by molar-refractivity contribution is -0.127. The summed E-state index contributed by atoms with van der Waals surface area (Å²) in [6, 6.07) is 11.3. The minimum Gasteiger partial charge on any atom is -0.497 e. The molecule has 6 nitrogen and oxygen atoms in total. The number of hydrogen-bond donors (Lipinski definition) is 2. The van der Waals surface area contributed by atoms with Crippen molar-refractivity contribution in [2.24, 2.45) is 0 Å². The molecule has 1 aliphatic rings. The number of amides is 2. The SMILES string of the molecule is COc1ccc(CNC(=O)C2(NC(=O)c3cc(C(C)(C)C)nc(C(C)(C)C)c3)CCCC2)cc1. The molecule has 1 aromatic heterocycles. The van der Waals surface area contributed by atoms with E-state index in [2.05, 4.69) is 52.2 Å². The van der Waals surface area contributed by atoms with Gasteiger partial charge in [-0.25, -0.2) is 0 Å². The number of nitrogens with zero attached hydrogens (tertiary/aromatic N) is 1. The largest absolute Gasteiger partial charge is 0.497 e. The lowest BCUT2D eigenvalue weighted by Gasteiger charge is -2.30. The standard InChI is InChI=1S/C28H39N3O3/c1-26(2,3)22-16-20(17-23(30-22)27(4,5)6)24(32)31-28(14-8-9-15-28)25(33)29-18-19-10-12-21(34-7)13-11-19/h10-13,16-17H,8-9,14-15,18H2,1-7H3,(H,29,33)(H,31,32). The summed E-state index contributed by atoms with van der Waals surface area (Å²) in [5.74, 6) is 0.423. The molecule has 1 fully saturated rings. The molecule has 0 saturated heterocycles. The van der Waals surface area contributed by atoms with Crippen molar-refractivity contribution in [3.05, 3.63) is 58.9 Å². The van der Waals surface area contributed by atoms with Crippen LogP contribution >= 0.6 is 0 Å². The topological polar surface area (TPSA) is 80.3 Å². The highest BCUT2D eigenvalue weighted by Gasteiger charge is 2.42. The number of pyridine rings is 1. The van der Waals surface area contributed by atoms with Gasteiger partial charge in [0.2, 0.25) is 5.91 Å². The molecule has 1 aromatic carbocycles. The molecule has 34 heavy (non-hydrogen) atoms. The van der Waals surface area contributed by atoms with Crippen LogP contribution in [0, 0.1) is 0 Å². The van der Waals surface area contributed by atoms with Crippen molar-refractivity contribution in [2.75, 3.05) is 7.11 Å². The summed E-state index contributed by atoms with van der Waals surface area (Å²) in [6.07, 6.45) is 3.09. The highest BCUT2D eigenvalue weighted by atomic mass is 16.5. The van der Waals surface area contributed by atoms with Crippen molar-refractivity contribution in [1.82, 2.24) is 15.6 Å². The van der Waals surface area contributed by atoms with E-state index in [1.807, 2.05) is 36.4 Å². The third kappa shape index (κ3) is 5.96. The Kier molecular flexibility index (Phi) is 7.39. The average molecular weight is 466 g/mol. The average Bonchev–Trinajstić information content (AvgIpc) is 3.26. The van der Waals surface area contributed by atoms with Gasteiger partial charge in [0.05, 0.1) is 7.11 Å². The predicted octanol–water partition coefficient (Wildman–Crippen LogP) is 5.04. The number of nitrogens with one attached hydrogen (secondary N) is 2. The zero-order valence-corrected chi connectivity index (χ0v) is 21.7. The summed E-state index contributed by atoms with van der Waals surface area (Å²) in [4.78, 5) is 31.7. The maximum Gasteiger partial charge on any atom is 0.252 e. The number of ether oxygens (including phenoxy) is 1. The second-order valence-electron chi connectivity index (χ2n) is 11.4. The summed E-state index contributed by atoms with van der Waals surface area (Å²) in [5.41, 5.74) is 1.99. The van der Waals surface area contributed by atoms with Crippen LogP contribution in [0.15, 0.2) is 36.4 Å². The molecule has 6 heteroatoms. The van der Waals surface area contributed by atoms with E-state index in [4.69, 9.17) is 9.72 Å². The van der Waals surface area contributed by atoms with Gasteiger partial charge < -0.3 is 15.4 Å². The zero-order chi connectivity index (χ0) is 25.1. The Hall–Kier alpha value is -2.89. The Balaban J connectivity index is 1.81. The molecule has 1 heterocycles. The van der Waals surface area contributed by atoms with Gasteiger partial charge in [0, 0.05) is 34.3 Å². The van der Waals surface area contributed by atoms with Crippen molar-refractivity contribution < 1.29 is 14.3 Å². The fraction of sp³-hybridized carbons (Fsp3) is 0.536. The fourth-order valence-corrected chi connectivity index (χ4v) is 4.20. The molecule has 0 unspecified atom stereocenters. The van der Waals surface area contributed by atoms with Gasteiger partial charge in [-0.1, -0.05) is 66.5 Å². The minimum absolute atomic E-state index is 0.129. The number of aromatic nitrogens is 1. The molecular formula is C28H39N3O3. The Bertz CT molecular complexity index is 992. The second-order valence-corrected chi connectivity index (χ2v) is 11.4. The number of rotatable bonds is 6. The van der Waals surface area contributed by atoms with Crippen molar-refractivity contribution in [1.29, 1.82) is 0 Å². The van der Waals surface area contributed by atoms with Gasteiger partial charge in [-0.3, -0.25) is 14.6 Å².